The average molecular weight is 295 g/mol. The lowest BCUT2D eigenvalue weighted by Gasteiger charge is -2.17. The molecule has 1 aromatic rings. The van der Waals surface area contributed by atoms with Gasteiger partial charge < -0.3 is 5.11 Å². The molecule has 1 saturated carbocycles. The van der Waals surface area contributed by atoms with Gasteiger partial charge in [0.05, 0.1) is 17.5 Å². The van der Waals surface area contributed by atoms with Crippen LogP contribution < -0.4 is 4.31 Å². The Balaban J connectivity index is 2.42. The molecule has 0 amide bonds. The van der Waals surface area contributed by atoms with E-state index in [9.17, 15) is 13.2 Å². The molecular weight excluding hydrogens is 278 g/mol. The predicted molar refractivity (Wildman–Crippen MR) is 78.4 cm³/mol. The summed E-state index contributed by atoms with van der Waals surface area (Å²) < 4.78 is 24.2. The van der Waals surface area contributed by atoms with Gasteiger partial charge in [-0.05, 0) is 42.5 Å². The normalized spacial score (nSPS) is 15.5. The molecular formula is C14H17NO4S. The second-order valence-corrected chi connectivity index (χ2v) is 7.06. The van der Waals surface area contributed by atoms with Crippen molar-refractivity contribution in [3.63, 3.8) is 0 Å². The molecule has 1 N–H and O–H groups in total. The predicted octanol–water partition coefficient (Wildman–Crippen LogP) is 2.20. The average Bonchev–Trinajstić information content (AvgIpc) is 3.18. The third-order valence-electron chi connectivity index (χ3n) is 3.23. The van der Waals surface area contributed by atoms with Crippen molar-refractivity contribution in [2.75, 3.05) is 17.6 Å². The van der Waals surface area contributed by atoms with Crippen LogP contribution in [0.3, 0.4) is 0 Å². The fourth-order valence-electron chi connectivity index (χ4n) is 1.76. The molecule has 5 nitrogen and oxygen atoms in total. The Morgan fingerprint density at radius 1 is 1.35 bits per heavy atom. The van der Waals surface area contributed by atoms with Crippen molar-refractivity contribution in [3.05, 3.63) is 35.4 Å². The van der Waals surface area contributed by atoms with Gasteiger partial charge in [0, 0.05) is 7.05 Å². The van der Waals surface area contributed by atoms with Crippen molar-refractivity contribution >= 4 is 27.8 Å². The third-order valence-corrected chi connectivity index (χ3v) is 4.44. The number of anilines is 1. The second kappa shape index (κ2) is 5.28. The molecule has 0 heterocycles. The zero-order valence-corrected chi connectivity index (χ0v) is 12.2. The van der Waals surface area contributed by atoms with Gasteiger partial charge in [-0.25, -0.2) is 13.2 Å². The number of benzene rings is 1. The van der Waals surface area contributed by atoms with E-state index in [2.05, 4.69) is 0 Å². The molecule has 20 heavy (non-hydrogen) atoms. The highest BCUT2D eigenvalue weighted by molar-refractivity contribution is 7.92. The molecule has 108 valence electrons. The summed E-state index contributed by atoms with van der Waals surface area (Å²) in [4.78, 5) is 11.1. The van der Waals surface area contributed by atoms with Crippen molar-refractivity contribution in [1.82, 2.24) is 0 Å². The van der Waals surface area contributed by atoms with Crippen LogP contribution in [0.5, 0.6) is 0 Å². The van der Waals surface area contributed by atoms with Gasteiger partial charge in [0.2, 0.25) is 10.0 Å². The van der Waals surface area contributed by atoms with Gasteiger partial charge in [0.1, 0.15) is 0 Å². The minimum Gasteiger partial charge on any atom is -0.478 e. The van der Waals surface area contributed by atoms with Crippen LogP contribution in [0.4, 0.5) is 5.69 Å². The molecule has 2 rings (SSSR count). The van der Waals surface area contributed by atoms with Crippen LogP contribution in [0.15, 0.2) is 24.3 Å². The number of carboxylic acids is 1. The maximum absolute atomic E-state index is 11.6. The first kappa shape index (κ1) is 14.6. The lowest BCUT2D eigenvalue weighted by atomic mass is 10.1. The molecule has 0 bridgehead atoms. The summed E-state index contributed by atoms with van der Waals surface area (Å²) in [6.07, 6.45) is 7.28. The molecule has 0 radical (unpaired) electrons. The number of aromatic carboxylic acids is 1. The first-order chi connectivity index (χ1) is 9.27. The highest BCUT2D eigenvalue weighted by atomic mass is 32.2. The van der Waals surface area contributed by atoms with E-state index in [1.807, 2.05) is 12.2 Å². The van der Waals surface area contributed by atoms with Gasteiger partial charge in [0.25, 0.3) is 0 Å². The quantitative estimate of drug-likeness (QED) is 0.903. The van der Waals surface area contributed by atoms with Crippen LogP contribution in [0.1, 0.15) is 28.8 Å². The number of carbonyl (C=O) groups is 1. The van der Waals surface area contributed by atoms with Crippen molar-refractivity contribution in [2.24, 2.45) is 5.92 Å². The van der Waals surface area contributed by atoms with E-state index >= 15 is 0 Å². The van der Waals surface area contributed by atoms with Crippen LogP contribution in [-0.4, -0.2) is 32.8 Å². The van der Waals surface area contributed by atoms with Gasteiger partial charge in [-0.3, -0.25) is 4.31 Å². The summed E-state index contributed by atoms with van der Waals surface area (Å²) in [6.45, 7) is 0. The van der Waals surface area contributed by atoms with Gasteiger partial charge in [-0.2, -0.15) is 0 Å². The SMILES string of the molecule is CN(c1cc(/C=C\C2CC2)cc(C(=O)O)c1)S(C)(=O)=O. The summed E-state index contributed by atoms with van der Waals surface area (Å²) in [7, 11) is -2.01. The van der Waals surface area contributed by atoms with Crippen LogP contribution in [0.25, 0.3) is 6.08 Å². The number of rotatable bonds is 5. The minimum absolute atomic E-state index is 0.0773. The lowest BCUT2D eigenvalue weighted by molar-refractivity contribution is 0.0697. The Kier molecular flexibility index (Phi) is 3.85. The number of allylic oxidation sites excluding steroid dienone is 1. The number of carboxylic acid groups (broad SMARTS) is 1. The van der Waals surface area contributed by atoms with Gasteiger partial charge in [-0.1, -0.05) is 12.2 Å². The minimum atomic E-state index is -3.42. The monoisotopic (exact) mass is 295 g/mol. The van der Waals surface area contributed by atoms with E-state index in [1.165, 1.54) is 13.1 Å². The molecule has 0 aromatic heterocycles. The van der Waals surface area contributed by atoms with Crippen LogP contribution in [0.2, 0.25) is 0 Å². The van der Waals surface area contributed by atoms with Crippen molar-refractivity contribution < 1.29 is 18.3 Å². The number of nitrogens with zero attached hydrogens (tertiary/aromatic N) is 1. The molecule has 0 unspecified atom stereocenters. The van der Waals surface area contributed by atoms with Crippen LogP contribution in [-0.2, 0) is 10.0 Å². The van der Waals surface area contributed by atoms with Gasteiger partial charge >= 0.3 is 5.97 Å². The maximum atomic E-state index is 11.6. The van der Waals surface area contributed by atoms with Crippen molar-refractivity contribution in [3.8, 4) is 0 Å². The number of sulfonamides is 1. The molecule has 0 atom stereocenters. The summed E-state index contributed by atoms with van der Waals surface area (Å²) in [5, 5.41) is 9.12. The summed E-state index contributed by atoms with van der Waals surface area (Å²) in [5.41, 5.74) is 1.12. The van der Waals surface area contributed by atoms with E-state index in [1.54, 1.807) is 12.1 Å². The maximum Gasteiger partial charge on any atom is 0.335 e. The first-order valence-electron chi connectivity index (χ1n) is 6.28. The Bertz CT molecular complexity index is 660. The highest BCUT2D eigenvalue weighted by Gasteiger charge is 2.18. The Morgan fingerprint density at radius 3 is 2.50 bits per heavy atom. The molecule has 0 spiro atoms. The van der Waals surface area contributed by atoms with Gasteiger partial charge in [-0.15, -0.1) is 0 Å². The molecule has 1 aromatic carbocycles. The highest BCUT2D eigenvalue weighted by Crippen LogP contribution is 2.31. The largest absolute Gasteiger partial charge is 0.478 e. The standard InChI is InChI=1S/C14H17NO4S/c1-15(20(2,18)19)13-8-11(6-5-10-3-4-10)7-12(9-13)14(16)17/h5-10H,3-4H2,1-2H3,(H,16,17)/b6-5-. The van der Waals surface area contributed by atoms with Crippen LogP contribution >= 0.6 is 0 Å². The third kappa shape index (κ3) is 3.60. The van der Waals surface area contributed by atoms with E-state index < -0.39 is 16.0 Å². The summed E-state index contributed by atoms with van der Waals surface area (Å²) in [6, 6.07) is 4.57. The Morgan fingerprint density at radius 2 is 2.00 bits per heavy atom. The second-order valence-electron chi connectivity index (χ2n) is 5.05. The van der Waals surface area contributed by atoms with E-state index in [-0.39, 0.29) is 5.56 Å². The summed E-state index contributed by atoms with van der Waals surface area (Å²) >= 11 is 0. The smallest absolute Gasteiger partial charge is 0.335 e. The number of hydrogen-bond donors (Lipinski definition) is 1. The van der Waals surface area contributed by atoms with E-state index in [4.69, 9.17) is 5.11 Å². The molecule has 1 aliphatic carbocycles. The summed E-state index contributed by atoms with van der Waals surface area (Å²) in [5.74, 6) is -0.505. The molecule has 1 fully saturated rings. The molecule has 1 aliphatic rings. The van der Waals surface area contributed by atoms with E-state index in [0.29, 0.717) is 17.2 Å². The zero-order valence-electron chi connectivity index (χ0n) is 11.4. The fourth-order valence-corrected chi connectivity index (χ4v) is 2.25. The topological polar surface area (TPSA) is 74.7 Å². The Labute approximate surface area is 118 Å². The lowest BCUT2D eigenvalue weighted by Crippen LogP contribution is -2.25. The first-order valence-corrected chi connectivity index (χ1v) is 8.12. The van der Waals surface area contributed by atoms with Crippen molar-refractivity contribution in [2.45, 2.75) is 12.8 Å². The van der Waals surface area contributed by atoms with Crippen LogP contribution in [0, 0.1) is 5.92 Å². The molecule has 0 saturated heterocycles. The van der Waals surface area contributed by atoms with Crippen molar-refractivity contribution in [1.29, 1.82) is 0 Å². The van der Waals surface area contributed by atoms with E-state index in [0.717, 1.165) is 23.4 Å². The van der Waals surface area contributed by atoms with Gasteiger partial charge in [0.15, 0.2) is 0 Å². The molecule has 0 aliphatic heterocycles. The number of hydrogen-bond acceptors (Lipinski definition) is 3. The fraction of sp³-hybridized carbons (Fsp3) is 0.357. The molecule has 6 heteroatoms. The Hall–Kier alpha value is -1.82. The zero-order chi connectivity index (χ0) is 14.9.